The van der Waals surface area contributed by atoms with E-state index in [-0.39, 0.29) is 0 Å². The number of piperidine rings is 1. The van der Waals surface area contributed by atoms with Crippen LogP contribution in [0.2, 0.25) is 0 Å². The highest BCUT2D eigenvalue weighted by molar-refractivity contribution is 7.90. The molecule has 20 heavy (non-hydrogen) atoms. The molecule has 0 radical (unpaired) electrons. The van der Waals surface area contributed by atoms with Gasteiger partial charge < -0.3 is 4.74 Å². The van der Waals surface area contributed by atoms with Crippen molar-refractivity contribution in [2.45, 2.75) is 26.2 Å². The molecule has 1 aliphatic heterocycles. The molecule has 1 fully saturated rings. The fourth-order valence-corrected chi connectivity index (χ4v) is 3.78. The van der Waals surface area contributed by atoms with Crippen molar-refractivity contribution in [3.63, 3.8) is 0 Å². The van der Waals surface area contributed by atoms with Crippen molar-refractivity contribution in [1.29, 1.82) is 0 Å². The second kappa shape index (κ2) is 6.45. The van der Waals surface area contributed by atoms with Gasteiger partial charge in [-0.1, -0.05) is 6.42 Å². The Hall–Kier alpha value is -1.27. The largest absolute Gasteiger partial charge is 0.494 e. The molecule has 0 N–H and O–H groups in total. The number of hydrogen-bond donors (Lipinski definition) is 0. The summed E-state index contributed by atoms with van der Waals surface area (Å²) >= 11 is 0. The van der Waals surface area contributed by atoms with Gasteiger partial charge in [0.05, 0.1) is 12.3 Å². The molecule has 0 aromatic heterocycles. The van der Waals surface area contributed by atoms with E-state index >= 15 is 0 Å². The molecule has 1 aromatic rings. The summed E-state index contributed by atoms with van der Waals surface area (Å²) in [6.07, 6.45) is 2.99. The van der Waals surface area contributed by atoms with E-state index in [9.17, 15) is 8.42 Å². The number of ether oxygens (including phenoxy) is 1. The molecule has 1 aliphatic rings. The zero-order valence-corrected chi connectivity index (χ0v) is 12.9. The lowest BCUT2D eigenvalue weighted by Crippen LogP contribution is -2.44. The van der Waals surface area contributed by atoms with E-state index in [2.05, 4.69) is 0 Å². The van der Waals surface area contributed by atoms with Crippen LogP contribution in [0.3, 0.4) is 0 Å². The minimum Gasteiger partial charge on any atom is -0.494 e. The average Bonchev–Trinajstić information content (AvgIpc) is 2.48. The van der Waals surface area contributed by atoms with Crippen LogP contribution in [0.25, 0.3) is 0 Å². The van der Waals surface area contributed by atoms with Crippen LogP contribution in [0.15, 0.2) is 24.3 Å². The Morgan fingerprint density at radius 1 is 1.15 bits per heavy atom. The fourth-order valence-electron chi connectivity index (χ4n) is 2.32. The van der Waals surface area contributed by atoms with Gasteiger partial charge in [0.1, 0.15) is 5.75 Å². The van der Waals surface area contributed by atoms with Crippen LogP contribution < -0.4 is 9.04 Å². The smallest absolute Gasteiger partial charge is 0.303 e. The molecule has 2 rings (SSSR count). The van der Waals surface area contributed by atoms with E-state index in [0.29, 0.717) is 25.4 Å². The third kappa shape index (κ3) is 3.24. The topological polar surface area (TPSA) is 49.9 Å². The van der Waals surface area contributed by atoms with Crippen LogP contribution in [-0.4, -0.2) is 39.5 Å². The molecular weight excluding hydrogens is 276 g/mol. The van der Waals surface area contributed by atoms with Gasteiger partial charge in [0.15, 0.2) is 0 Å². The molecule has 0 atom stereocenters. The Morgan fingerprint density at radius 2 is 1.75 bits per heavy atom. The van der Waals surface area contributed by atoms with E-state index in [0.717, 1.165) is 25.0 Å². The molecular formula is C14H22N2O3S. The third-order valence-electron chi connectivity index (χ3n) is 3.50. The van der Waals surface area contributed by atoms with E-state index < -0.39 is 10.2 Å². The summed E-state index contributed by atoms with van der Waals surface area (Å²) in [5, 5.41) is 0. The highest BCUT2D eigenvalue weighted by atomic mass is 32.2. The van der Waals surface area contributed by atoms with Crippen molar-refractivity contribution >= 4 is 15.9 Å². The first-order chi connectivity index (χ1) is 9.55. The zero-order chi connectivity index (χ0) is 14.6. The molecule has 0 amide bonds. The van der Waals surface area contributed by atoms with Crippen molar-refractivity contribution < 1.29 is 13.2 Å². The second-order valence-corrected chi connectivity index (χ2v) is 6.82. The van der Waals surface area contributed by atoms with Gasteiger partial charge in [-0.25, -0.2) is 0 Å². The predicted molar refractivity (Wildman–Crippen MR) is 80.4 cm³/mol. The summed E-state index contributed by atoms with van der Waals surface area (Å²) in [4.78, 5) is 0. The average molecular weight is 298 g/mol. The summed E-state index contributed by atoms with van der Waals surface area (Å²) in [5.74, 6) is 0.750. The van der Waals surface area contributed by atoms with Crippen molar-refractivity contribution in [2.75, 3.05) is 31.0 Å². The van der Waals surface area contributed by atoms with Crippen molar-refractivity contribution in [2.24, 2.45) is 0 Å². The number of nitrogens with zero attached hydrogens (tertiary/aromatic N) is 2. The highest BCUT2D eigenvalue weighted by Crippen LogP contribution is 2.23. The SMILES string of the molecule is CCOc1ccc(N(C)S(=O)(=O)N2CCCCC2)cc1. The summed E-state index contributed by atoms with van der Waals surface area (Å²) in [5.41, 5.74) is 0.652. The lowest BCUT2D eigenvalue weighted by Gasteiger charge is -2.31. The maximum absolute atomic E-state index is 12.5. The van der Waals surface area contributed by atoms with Crippen molar-refractivity contribution in [3.05, 3.63) is 24.3 Å². The molecule has 112 valence electrons. The third-order valence-corrected chi connectivity index (χ3v) is 5.42. The monoisotopic (exact) mass is 298 g/mol. The summed E-state index contributed by atoms with van der Waals surface area (Å²) < 4.78 is 33.3. The summed E-state index contributed by atoms with van der Waals surface area (Å²) in [6.45, 7) is 3.75. The molecule has 1 aromatic carbocycles. The lowest BCUT2D eigenvalue weighted by molar-refractivity contribution is 0.340. The van der Waals surface area contributed by atoms with E-state index in [1.54, 1.807) is 35.6 Å². The van der Waals surface area contributed by atoms with E-state index in [1.807, 2.05) is 6.92 Å². The Labute approximate surface area is 121 Å². The van der Waals surface area contributed by atoms with Gasteiger partial charge in [-0.2, -0.15) is 12.7 Å². The number of anilines is 1. The van der Waals surface area contributed by atoms with Gasteiger partial charge >= 0.3 is 10.2 Å². The van der Waals surface area contributed by atoms with Gasteiger partial charge in [0.2, 0.25) is 0 Å². The standard InChI is InChI=1S/C14H22N2O3S/c1-3-19-14-9-7-13(8-10-14)15(2)20(17,18)16-11-5-4-6-12-16/h7-10H,3-6,11-12H2,1-2H3. The van der Waals surface area contributed by atoms with Crippen LogP contribution in [-0.2, 0) is 10.2 Å². The number of hydrogen-bond acceptors (Lipinski definition) is 3. The van der Waals surface area contributed by atoms with Crippen molar-refractivity contribution in [3.8, 4) is 5.75 Å². The second-order valence-electron chi connectivity index (χ2n) is 4.86. The maximum Gasteiger partial charge on any atom is 0.303 e. The zero-order valence-electron chi connectivity index (χ0n) is 12.1. The highest BCUT2D eigenvalue weighted by Gasteiger charge is 2.28. The molecule has 6 heteroatoms. The van der Waals surface area contributed by atoms with E-state index in [4.69, 9.17) is 4.74 Å². The molecule has 0 saturated carbocycles. The molecule has 1 saturated heterocycles. The van der Waals surface area contributed by atoms with Crippen LogP contribution in [0, 0.1) is 0 Å². The summed E-state index contributed by atoms with van der Waals surface area (Å²) in [6, 6.07) is 7.13. The summed E-state index contributed by atoms with van der Waals surface area (Å²) in [7, 11) is -1.82. The minimum absolute atomic E-state index is 0.598. The van der Waals surface area contributed by atoms with Crippen LogP contribution in [0.4, 0.5) is 5.69 Å². The van der Waals surface area contributed by atoms with Gasteiger partial charge in [-0.05, 0) is 44.0 Å². The van der Waals surface area contributed by atoms with Crippen LogP contribution in [0.5, 0.6) is 5.75 Å². The normalized spacial score (nSPS) is 16.9. The Kier molecular flexibility index (Phi) is 4.88. The van der Waals surface area contributed by atoms with Crippen LogP contribution in [0.1, 0.15) is 26.2 Å². The Bertz CT molecular complexity index is 522. The minimum atomic E-state index is -3.41. The molecule has 0 aliphatic carbocycles. The Balaban J connectivity index is 2.14. The van der Waals surface area contributed by atoms with Crippen LogP contribution >= 0.6 is 0 Å². The maximum atomic E-state index is 12.5. The Morgan fingerprint density at radius 3 is 2.30 bits per heavy atom. The molecule has 5 nitrogen and oxygen atoms in total. The first-order valence-electron chi connectivity index (χ1n) is 7.02. The molecule has 0 unspecified atom stereocenters. The predicted octanol–water partition coefficient (Wildman–Crippen LogP) is 2.25. The van der Waals surface area contributed by atoms with Gasteiger partial charge in [0, 0.05) is 20.1 Å². The van der Waals surface area contributed by atoms with Gasteiger partial charge in [-0.15, -0.1) is 0 Å². The first kappa shape index (κ1) is 15.1. The van der Waals surface area contributed by atoms with Gasteiger partial charge in [-0.3, -0.25) is 4.31 Å². The number of benzene rings is 1. The number of rotatable bonds is 5. The molecule has 0 spiro atoms. The molecule has 1 heterocycles. The molecule has 0 bridgehead atoms. The quantitative estimate of drug-likeness (QED) is 0.838. The van der Waals surface area contributed by atoms with Crippen molar-refractivity contribution in [1.82, 2.24) is 4.31 Å². The van der Waals surface area contributed by atoms with Gasteiger partial charge in [0.25, 0.3) is 0 Å². The first-order valence-corrected chi connectivity index (χ1v) is 8.42. The fraction of sp³-hybridized carbons (Fsp3) is 0.571. The lowest BCUT2D eigenvalue weighted by atomic mass is 10.2. The van der Waals surface area contributed by atoms with E-state index in [1.165, 1.54) is 4.31 Å².